The minimum atomic E-state index is -0.526. The molecule has 3 aliphatic rings. The van der Waals surface area contributed by atoms with Crippen LogP contribution in [0.2, 0.25) is 0 Å². The highest BCUT2D eigenvalue weighted by Gasteiger charge is 2.37. The summed E-state index contributed by atoms with van der Waals surface area (Å²) in [5.41, 5.74) is 4.51. The van der Waals surface area contributed by atoms with Gasteiger partial charge in [-0.3, -0.25) is 14.4 Å². The molecule has 0 radical (unpaired) electrons. The second kappa shape index (κ2) is 8.48. The molecule has 7 rings (SSSR count). The minimum absolute atomic E-state index is 0.119. The van der Waals surface area contributed by atoms with Crippen LogP contribution < -0.4 is 29.2 Å². The van der Waals surface area contributed by atoms with Crippen molar-refractivity contribution in [1.29, 1.82) is 0 Å². The number of anilines is 2. The molecule has 37 heavy (non-hydrogen) atoms. The topological polar surface area (TPSA) is 87.1 Å². The highest BCUT2D eigenvalue weighted by molar-refractivity contribution is 6.12. The van der Waals surface area contributed by atoms with Gasteiger partial charge in [0.1, 0.15) is 6.17 Å². The van der Waals surface area contributed by atoms with Crippen molar-refractivity contribution in [3.05, 3.63) is 78.0 Å². The number of nitrogens with zero attached hydrogens (tertiary/aromatic N) is 3. The van der Waals surface area contributed by atoms with Crippen LogP contribution >= 0.6 is 0 Å². The van der Waals surface area contributed by atoms with Gasteiger partial charge in [-0.2, -0.15) is 5.10 Å². The van der Waals surface area contributed by atoms with Gasteiger partial charge in [0.2, 0.25) is 6.79 Å². The summed E-state index contributed by atoms with van der Waals surface area (Å²) in [4.78, 5) is 15.7. The Balaban J connectivity index is 1.37. The number of aryl methyl sites for hydroxylation is 1. The number of hydrogen-bond acceptors (Lipinski definition) is 7. The van der Waals surface area contributed by atoms with E-state index in [1.165, 1.54) is 0 Å². The zero-order valence-electron chi connectivity index (χ0n) is 20.1. The highest BCUT2D eigenvalue weighted by Crippen LogP contribution is 2.43. The second-order valence-electron chi connectivity index (χ2n) is 9.12. The van der Waals surface area contributed by atoms with Gasteiger partial charge in [0, 0.05) is 42.5 Å². The molecule has 1 N–H and O–H groups in total. The summed E-state index contributed by atoms with van der Waals surface area (Å²) in [5, 5.41) is 8.37. The van der Waals surface area contributed by atoms with Gasteiger partial charge in [0.05, 0.1) is 30.2 Å². The number of ether oxygens (including phenoxy) is 4. The molecule has 0 unspecified atom stereocenters. The van der Waals surface area contributed by atoms with Gasteiger partial charge in [-0.05, 0) is 42.5 Å². The average molecular weight is 497 g/mol. The fraction of sp³-hybridized carbons (Fsp3) is 0.214. The lowest BCUT2D eigenvalue weighted by atomic mass is 10.00. The summed E-state index contributed by atoms with van der Waals surface area (Å²) in [6, 6.07) is 18.9. The van der Waals surface area contributed by atoms with Gasteiger partial charge in [0.25, 0.3) is 5.91 Å². The minimum Gasteiger partial charge on any atom is -0.490 e. The lowest BCUT2D eigenvalue weighted by molar-refractivity contribution is 0.0975. The maximum atomic E-state index is 13.9. The van der Waals surface area contributed by atoms with Gasteiger partial charge in [-0.15, -0.1) is 0 Å². The van der Waals surface area contributed by atoms with Crippen LogP contribution in [0.5, 0.6) is 23.0 Å². The largest absolute Gasteiger partial charge is 0.490 e. The molecule has 0 saturated carbocycles. The molecule has 0 bridgehead atoms. The average Bonchev–Trinajstić information content (AvgIpc) is 3.47. The number of fused-ring (bicyclic) bond motifs is 3. The zero-order chi connectivity index (χ0) is 24.9. The van der Waals surface area contributed by atoms with E-state index in [0.717, 1.165) is 34.7 Å². The molecule has 0 fully saturated rings. The first-order chi connectivity index (χ1) is 18.2. The second-order valence-corrected chi connectivity index (χ2v) is 9.12. The Hall–Kier alpha value is -4.66. The van der Waals surface area contributed by atoms with E-state index in [9.17, 15) is 4.79 Å². The quantitative estimate of drug-likeness (QED) is 0.438. The molecule has 1 amide bonds. The Morgan fingerprint density at radius 1 is 0.892 bits per heavy atom. The normalized spacial score (nSPS) is 17.7. The number of hydrogen-bond donors (Lipinski definition) is 1. The Bertz CT molecular complexity index is 1530. The number of para-hydroxylation sites is 1. The van der Waals surface area contributed by atoms with Crippen molar-refractivity contribution in [1.82, 2.24) is 9.78 Å². The van der Waals surface area contributed by atoms with Crippen molar-refractivity contribution in [2.24, 2.45) is 7.05 Å². The highest BCUT2D eigenvalue weighted by atomic mass is 16.7. The smallest absolute Gasteiger partial charge is 0.262 e. The van der Waals surface area contributed by atoms with E-state index >= 15 is 0 Å². The number of amides is 1. The third-order valence-corrected chi connectivity index (χ3v) is 6.73. The summed E-state index contributed by atoms with van der Waals surface area (Å²) in [5.74, 6) is 2.56. The van der Waals surface area contributed by atoms with Crippen molar-refractivity contribution in [2.75, 3.05) is 30.2 Å². The van der Waals surface area contributed by atoms with Crippen molar-refractivity contribution < 1.29 is 23.7 Å². The van der Waals surface area contributed by atoms with Crippen molar-refractivity contribution in [3.63, 3.8) is 0 Å². The molecule has 4 aromatic rings. The molecule has 1 atom stereocenters. The monoisotopic (exact) mass is 496 g/mol. The summed E-state index contributed by atoms with van der Waals surface area (Å²) in [7, 11) is 1.87. The molecule has 4 heterocycles. The van der Waals surface area contributed by atoms with E-state index in [1.54, 1.807) is 9.58 Å². The molecular formula is C28H24N4O5. The number of rotatable bonds is 3. The van der Waals surface area contributed by atoms with Crippen LogP contribution in [0.15, 0.2) is 66.9 Å². The Kier molecular flexibility index (Phi) is 4.95. The number of aromatic nitrogens is 2. The number of carbonyl (C=O) groups excluding carboxylic acids is 1. The van der Waals surface area contributed by atoms with Gasteiger partial charge < -0.3 is 24.3 Å². The SMILES string of the molecule is Cn1cc([C@@H]2Nc3ccccc3C(=O)N2c2ccc3c(c2)OCO3)c(-c2ccc3c(c2)OCCCO3)n1. The van der Waals surface area contributed by atoms with Crippen LogP contribution in [0.25, 0.3) is 11.3 Å². The molecule has 3 aromatic carbocycles. The van der Waals surface area contributed by atoms with Crippen LogP contribution in [-0.4, -0.2) is 35.7 Å². The molecule has 3 aliphatic heterocycles. The third kappa shape index (κ3) is 3.62. The standard InChI is InChI=1S/C28H24N4O5/c1-31-15-20(26(30-31)17-7-9-22-24(13-17)35-12-4-11-34-22)27-29-21-6-3-2-5-19(21)28(33)32(27)18-8-10-23-25(14-18)37-16-36-23/h2-3,5-10,13-15,27,29H,4,11-12,16H2,1H3/t27-/m1/s1. The number of carbonyl (C=O) groups is 1. The van der Waals surface area contributed by atoms with Crippen LogP contribution in [-0.2, 0) is 7.05 Å². The van der Waals surface area contributed by atoms with Crippen LogP contribution in [0.3, 0.4) is 0 Å². The molecule has 186 valence electrons. The van der Waals surface area contributed by atoms with Crippen molar-refractivity contribution in [3.8, 4) is 34.3 Å². The number of nitrogens with one attached hydrogen (secondary N) is 1. The van der Waals surface area contributed by atoms with E-state index in [1.807, 2.05) is 73.9 Å². The molecule has 0 aliphatic carbocycles. The van der Waals surface area contributed by atoms with E-state index in [-0.39, 0.29) is 12.7 Å². The summed E-state index contributed by atoms with van der Waals surface area (Å²) < 4.78 is 24.6. The van der Waals surface area contributed by atoms with Gasteiger partial charge in [-0.1, -0.05) is 12.1 Å². The Labute approximate surface area is 213 Å². The molecule has 0 saturated heterocycles. The first kappa shape index (κ1) is 21.6. The molecule has 0 spiro atoms. The van der Waals surface area contributed by atoms with E-state index in [2.05, 4.69) is 5.32 Å². The lowest BCUT2D eigenvalue weighted by Crippen LogP contribution is -2.43. The molecule has 1 aromatic heterocycles. The lowest BCUT2D eigenvalue weighted by Gasteiger charge is -2.38. The Morgan fingerprint density at radius 2 is 1.65 bits per heavy atom. The Morgan fingerprint density at radius 3 is 2.57 bits per heavy atom. The molecule has 9 nitrogen and oxygen atoms in total. The zero-order valence-corrected chi connectivity index (χ0v) is 20.1. The maximum absolute atomic E-state index is 13.9. The van der Waals surface area contributed by atoms with E-state index in [4.69, 9.17) is 24.0 Å². The van der Waals surface area contributed by atoms with E-state index < -0.39 is 6.17 Å². The first-order valence-corrected chi connectivity index (χ1v) is 12.2. The number of benzene rings is 3. The van der Waals surface area contributed by atoms with Crippen LogP contribution in [0, 0.1) is 0 Å². The summed E-state index contributed by atoms with van der Waals surface area (Å²) >= 11 is 0. The van der Waals surface area contributed by atoms with Crippen molar-refractivity contribution in [2.45, 2.75) is 12.6 Å². The predicted molar refractivity (Wildman–Crippen MR) is 136 cm³/mol. The fourth-order valence-electron chi connectivity index (χ4n) is 5.01. The molecule has 9 heteroatoms. The maximum Gasteiger partial charge on any atom is 0.262 e. The molecular weight excluding hydrogens is 472 g/mol. The van der Waals surface area contributed by atoms with Crippen LogP contribution in [0.4, 0.5) is 11.4 Å². The fourth-order valence-corrected chi connectivity index (χ4v) is 5.01. The van der Waals surface area contributed by atoms with Gasteiger partial charge >= 0.3 is 0 Å². The van der Waals surface area contributed by atoms with E-state index in [0.29, 0.717) is 41.7 Å². The predicted octanol–water partition coefficient (Wildman–Crippen LogP) is 4.75. The van der Waals surface area contributed by atoms with Gasteiger partial charge in [0.15, 0.2) is 23.0 Å². The first-order valence-electron chi connectivity index (χ1n) is 12.2. The third-order valence-electron chi connectivity index (χ3n) is 6.73. The van der Waals surface area contributed by atoms with Crippen molar-refractivity contribution >= 4 is 17.3 Å². The summed E-state index contributed by atoms with van der Waals surface area (Å²) in [6.45, 7) is 1.38. The van der Waals surface area contributed by atoms with Crippen LogP contribution in [0.1, 0.15) is 28.5 Å². The van der Waals surface area contributed by atoms with Gasteiger partial charge in [-0.25, -0.2) is 0 Å². The summed E-state index contributed by atoms with van der Waals surface area (Å²) in [6.07, 6.45) is 2.25.